The van der Waals surface area contributed by atoms with Crippen molar-refractivity contribution in [3.05, 3.63) is 29.3 Å². The van der Waals surface area contributed by atoms with Crippen LogP contribution in [0.3, 0.4) is 0 Å². The third-order valence-corrected chi connectivity index (χ3v) is 3.23. The number of nitrogens with one attached hydrogen (secondary N) is 1. The molecule has 1 aromatic rings. The minimum Gasteiger partial charge on any atom is -0.508 e. The highest BCUT2D eigenvalue weighted by molar-refractivity contribution is 5.95. The Morgan fingerprint density at radius 1 is 1.50 bits per heavy atom. The van der Waals surface area contributed by atoms with Gasteiger partial charge in [0.1, 0.15) is 5.75 Å². The molecular weight excluding hydrogens is 202 g/mol. The molecule has 1 amide bonds. The van der Waals surface area contributed by atoms with Crippen LogP contribution < -0.4 is 5.32 Å². The molecule has 0 aliphatic heterocycles. The second-order valence-corrected chi connectivity index (χ2v) is 4.51. The number of amides is 1. The molecule has 0 spiro atoms. The van der Waals surface area contributed by atoms with Crippen LogP contribution in [-0.4, -0.2) is 17.6 Å². The van der Waals surface area contributed by atoms with Crippen molar-refractivity contribution in [2.24, 2.45) is 5.92 Å². The summed E-state index contributed by atoms with van der Waals surface area (Å²) < 4.78 is 0. The van der Waals surface area contributed by atoms with Gasteiger partial charge in [-0.15, -0.1) is 0 Å². The summed E-state index contributed by atoms with van der Waals surface area (Å²) in [6.07, 6.45) is 3.75. The van der Waals surface area contributed by atoms with Crippen LogP contribution in [0.15, 0.2) is 18.2 Å². The van der Waals surface area contributed by atoms with Crippen molar-refractivity contribution in [1.82, 2.24) is 5.32 Å². The maximum Gasteiger partial charge on any atom is 0.251 e. The van der Waals surface area contributed by atoms with Crippen LogP contribution >= 0.6 is 0 Å². The number of hydrogen-bond acceptors (Lipinski definition) is 2. The molecule has 1 aliphatic rings. The molecule has 0 atom stereocenters. The second kappa shape index (κ2) is 4.56. The maximum atomic E-state index is 11.8. The first-order valence-corrected chi connectivity index (χ1v) is 5.74. The first-order valence-electron chi connectivity index (χ1n) is 5.74. The highest BCUT2D eigenvalue weighted by atomic mass is 16.3. The van der Waals surface area contributed by atoms with E-state index in [1.807, 2.05) is 6.92 Å². The Hall–Kier alpha value is -1.51. The van der Waals surface area contributed by atoms with Gasteiger partial charge < -0.3 is 10.4 Å². The Bertz CT molecular complexity index is 397. The summed E-state index contributed by atoms with van der Waals surface area (Å²) in [6.45, 7) is 2.61. The van der Waals surface area contributed by atoms with E-state index in [0.717, 1.165) is 12.1 Å². The van der Waals surface area contributed by atoms with Crippen LogP contribution in [0.1, 0.15) is 35.2 Å². The molecule has 3 nitrogen and oxygen atoms in total. The summed E-state index contributed by atoms with van der Waals surface area (Å²) in [4.78, 5) is 11.8. The highest BCUT2D eigenvalue weighted by Crippen LogP contribution is 2.25. The number of aromatic hydroxyl groups is 1. The van der Waals surface area contributed by atoms with Gasteiger partial charge in [0.05, 0.1) is 0 Å². The first kappa shape index (κ1) is 11.0. The molecule has 0 heterocycles. The molecule has 0 radical (unpaired) electrons. The maximum absolute atomic E-state index is 11.8. The van der Waals surface area contributed by atoms with Gasteiger partial charge in [0, 0.05) is 12.1 Å². The summed E-state index contributed by atoms with van der Waals surface area (Å²) in [7, 11) is 0. The molecule has 2 rings (SSSR count). The van der Waals surface area contributed by atoms with E-state index in [0.29, 0.717) is 11.5 Å². The fraction of sp³-hybridized carbons (Fsp3) is 0.462. The molecule has 0 saturated heterocycles. The van der Waals surface area contributed by atoms with Gasteiger partial charge in [-0.05, 0) is 49.4 Å². The average Bonchev–Trinajstić information content (AvgIpc) is 2.14. The zero-order chi connectivity index (χ0) is 11.5. The standard InChI is InChI=1S/C13H17NO2/c1-9-7-11(15)5-6-12(9)13(16)14-8-10-3-2-4-10/h5-7,10,15H,2-4,8H2,1H3,(H,14,16). The Morgan fingerprint density at radius 2 is 2.25 bits per heavy atom. The smallest absolute Gasteiger partial charge is 0.251 e. The van der Waals surface area contributed by atoms with E-state index in [2.05, 4.69) is 5.32 Å². The van der Waals surface area contributed by atoms with Crippen LogP contribution in [0.5, 0.6) is 5.75 Å². The second-order valence-electron chi connectivity index (χ2n) is 4.51. The lowest BCUT2D eigenvalue weighted by Gasteiger charge is -2.25. The SMILES string of the molecule is Cc1cc(O)ccc1C(=O)NCC1CCC1. The zero-order valence-corrected chi connectivity index (χ0v) is 9.49. The summed E-state index contributed by atoms with van der Waals surface area (Å²) in [6, 6.07) is 4.82. The predicted molar refractivity (Wildman–Crippen MR) is 62.5 cm³/mol. The Balaban J connectivity index is 1.96. The van der Waals surface area contributed by atoms with Gasteiger partial charge in [-0.1, -0.05) is 6.42 Å². The number of carbonyl (C=O) groups is 1. The summed E-state index contributed by atoms with van der Waals surface area (Å²) in [5.74, 6) is 0.832. The molecule has 16 heavy (non-hydrogen) atoms. The minimum atomic E-state index is -0.0376. The largest absolute Gasteiger partial charge is 0.508 e. The molecule has 0 bridgehead atoms. The van der Waals surface area contributed by atoms with Crippen molar-refractivity contribution in [2.75, 3.05) is 6.54 Å². The van der Waals surface area contributed by atoms with Gasteiger partial charge in [-0.25, -0.2) is 0 Å². The van der Waals surface area contributed by atoms with Crippen molar-refractivity contribution >= 4 is 5.91 Å². The van der Waals surface area contributed by atoms with Gasteiger partial charge in [0.2, 0.25) is 0 Å². The van der Waals surface area contributed by atoms with E-state index in [1.54, 1.807) is 18.2 Å². The average molecular weight is 219 g/mol. The molecule has 2 N–H and O–H groups in total. The van der Waals surface area contributed by atoms with Gasteiger partial charge >= 0.3 is 0 Å². The number of phenols is 1. The van der Waals surface area contributed by atoms with Crippen molar-refractivity contribution in [2.45, 2.75) is 26.2 Å². The lowest BCUT2D eigenvalue weighted by molar-refractivity contribution is 0.0938. The monoisotopic (exact) mass is 219 g/mol. The topological polar surface area (TPSA) is 49.3 Å². The predicted octanol–water partition coefficient (Wildman–Crippen LogP) is 2.23. The van der Waals surface area contributed by atoms with Crippen LogP contribution in [0.4, 0.5) is 0 Å². The Morgan fingerprint density at radius 3 is 2.81 bits per heavy atom. The molecular formula is C13H17NO2. The van der Waals surface area contributed by atoms with Gasteiger partial charge in [-0.3, -0.25) is 4.79 Å². The number of aryl methyl sites for hydroxylation is 1. The molecule has 3 heteroatoms. The summed E-state index contributed by atoms with van der Waals surface area (Å²) in [5.41, 5.74) is 1.46. The number of rotatable bonds is 3. The van der Waals surface area contributed by atoms with Crippen molar-refractivity contribution in [3.63, 3.8) is 0 Å². The van der Waals surface area contributed by atoms with Gasteiger partial charge in [-0.2, -0.15) is 0 Å². The molecule has 86 valence electrons. The number of benzene rings is 1. The molecule has 0 unspecified atom stereocenters. The van der Waals surface area contributed by atoms with Crippen LogP contribution in [0.2, 0.25) is 0 Å². The van der Waals surface area contributed by atoms with E-state index < -0.39 is 0 Å². The fourth-order valence-electron chi connectivity index (χ4n) is 1.93. The number of phenolic OH excluding ortho intramolecular Hbond substituents is 1. The molecule has 1 saturated carbocycles. The lowest BCUT2D eigenvalue weighted by Crippen LogP contribution is -2.32. The molecule has 0 aromatic heterocycles. The normalized spacial score (nSPS) is 15.6. The zero-order valence-electron chi connectivity index (χ0n) is 9.49. The quantitative estimate of drug-likeness (QED) is 0.819. The van der Waals surface area contributed by atoms with Crippen LogP contribution in [-0.2, 0) is 0 Å². The van der Waals surface area contributed by atoms with Crippen molar-refractivity contribution in [1.29, 1.82) is 0 Å². The lowest BCUT2D eigenvalue weighted by atomic mass is 9.85. The number of hydrogen-bond donors (Lipinski definition) is 2. The first-order chi connectivity index (χ1) is 7.66. The third kappa shape index (κ3) is 2.35. The fourth-order valence-corrected chi connectivity index (χ4v) is 1.93. The van der Waals surface area contributed by atoms with Crippen LogP contribution in [0.25, 0.3) is 0 Å². The Labute approximate surface area is 95.5 Å². The van der Waals surface area contributed by atoms with E-state index in [-0.39, 0.29) is 11.7 Å². The summed E-state index contributed by atoms with van der Waals surface area (Å²) >= 11 is 0. The molecule has 1 fully saturated rings. The van der Waals surface area contributed by atoms with E-state index in [1.165, 1.54) is 19.3 Å². The van der Waals surface area contributed by atoms with Gasteiger partial charge in [0.15, 0.2) is 0 Å². The number of carbonyl (C=O) groups excluding carboxylic acids is 1. The van der Waals surface area contributed by atoms with Gasteiger partial charge in [0.25, 0.3) is 5.91 Å². The van der Waals surface area contributed by atoms with E-state index in [4.69, 9.17) is 0 Å². The third-order valence-electron chi connectivity index (χ3n) is 3.23. The highest BCUT2D eigenvalue weighted by Gasteiger charge is 2.18. The summed E-state index contributed by atoms with van der Waals surface area (Å²) in [5, 5.41) is 12.2. The minimum absolute atomic E-state index is 0.0376. The van der Waals surface area contributed by atoms with Crippen molar-refractivity contribution in [3.8, 4) is 5.75 Å². The molecule has 1 aromatic carbocycles. The Kier molecular flexibility index (Phi) is 3.13. The van der Waals surface area contributed by atoms with E-state index >= 15 is 0 Å². The van der Waals surface area contributed by atoms with E-state index in [9.17, 15) is 9.90 Å². The van der Waals surface area contributed by atoms with Crippen molar-refractivity contribution < 1.29 is 9.90 Å². The molecule has 1 aliphatic carbocycles. The van der Waals surface area contributed by atoms with Crippen LogP contribution in [0, 0.1) is 12.8 Å².